The van der Waals surface area contributed by atoms with Gasteiger partial charge in [0, 0.05) is 5.92 Å². The standard InChI is InChI=1S/C18H25N5O5/c1-9(2)14(24)21-17-20-13-12(15(25)22-17)19-8-23(13)11-7-6-10(27-11)16(26)28-18(3,4)5/h8-11H,6-7H2,1-5H3,(H2,20,21,22,24,25). The number of ether oxygens (including phenoxy) is 2. The molecule has 0 aromatic carbocycles. The minimum atomic E-state index is -0.691. The quantitative estimate of drug-likeness (QED) is 0.760. The van der Waals surface area contributed by atoms with Crippen LogP contribution in [0.1, 0.15) is 53.7 Å². The van der Waals surface area contributed by atoms with E-state index in [9.17, 15) is 14.4 Å². The highest BCUT2D eigenvalue weighted by Crippen LogP contribution is 2.31. The highest BCUT2D eigenvalue weighted by atomic mass is 16.6. The fraction of sp³-hybridized carbons (Fsp3) is 0.611. The number of rotatable bonds is 4. The summed E-state index contributed by atoms with van der Waals surface area (Å²) in [6.07, 6.45) is 1.27. The maximum absolute atomic E-state index is 12.3. The van der Waals surface area contributed by atoms with Crippen LogP contribution in [-0.4, -0.2) is 43.1 Å². The molecular weight excluding hydrogens is 366 g/mol. The number of hydrogen-bond acceptors (Lipinski definition) is 7. The zero-order valence-electron chi connectivity index (χ0n) is 16.6. The van der Waals surface area contributed by atoms with Gasteiger partial charge in [-0.05, 0) is 33.6 Å². The van der Waals surface area contributed by atoms with Crippen LogP contribution in [0.2, 0.25) is 0 Å². The van der Waals surface area contributed by atoms with E-state index >= 15 is 0 Å². The van der Waals surface area contributed by atoms with Crippen molar-refractivity contribution in [3.8, 4) is 0 Å². The Morgan fingerprint density at radius 3 is 2.71 bits per heavy atom. The summed E-state index contributed by atoms with van der Waals surface area (Å²) in [6.45, 7) is 8.86. The molecule has 2 unspecified atom stereocenters. The Morgan fingerprint density at radius 1 is 1.36 bits per heavy atom. The third kappa shape index (κ3) is 4.22. The predicted molar refractivity (Wildman–Crippen MR) is 101 cm³/mol. The number of imidazole rings is 1. The monoisotopic (exact) mass is 391 g/mol. The molecule has 2 N–H and O–H groups in total. The predicted octanol–water partition coefficient (Wildman–Crippen LogP) is 1.73. The van der Waals surface area contributed by atoms with Crippen LogP contribution in [0.4, 0.5) is 5.95 Å². The van der Waals surface area contributed by atoms with Crippen molar-refractivity contribution in [2.75, 3.05) is 5.32 Å². The van der Waals surface area contributed by atoms with E-state index in [2.05, 4.69) is 20.3 Å². The maximum Gasteiger partial charge on any atom is 0.335 e. The van der Waals surface area contributed by atoms with Crippen LogP contribution in [0, 0.1) is 5.92 Å². The molecule has 1 aliphatic rings. The van der Waals surface area contributed by atoms with Crippen molar-refractivity contribution in [1.29, 1.82) is 0 Å². The molecule has 3 heterocycles. The molecule has 1 aliphatic heterocycles. The molecule has 2 atom stereocenters. The molecule has 28 heavy (non-hydrogen) atoms. The summed E-state index contributed by atoms with van der Waals surface area (Å²) in [5.74, 6) is -0.913. The fourth-order valence-electron chi connectivity index (χ4n) is 2.82. The number of H-pyrrole nitrogens is 1. The number of esters is 1. The van der Waals surface area contributed by atoms with Crippen molar-refractivity contribution in [3.05, 3.63) is 16.7 Å². The second kappa shape index (κ2) is 7.34. The number of carbonyl (C=O) groups is 2. The molecule has 0 saturated carbocycles. The lowest BCUT2D eigenvalue weighted by Crippen LogP contribution is -2.31. The fourth-order valence-corrected chi connectivity index (χ4v) is 2.82. The number of hydrogen-bond donors (Lipinski definition) is 2. The van der Waals surface area contributed by atoms with Gasteiger partial charge in [0.25, 0.3) is 5.56 Å². The van der Waals surface area contributed by atoms with Gasteiger partial charge in [0.05, 0.1) is 6.33 Å². The molecule has 10 heteroatoms. The first-order valence-electron chi connectivity index (χ1n) is 9.21. The van der Waals surface area contributed by atoms with Crippen LogP contribution < -0.4 is 10.9 Å². The summed E-state index contributed by atoms with van der Waals surface area (Å²) in [5.41, 5.74) is -0.660. The number of carbonyl (C=O) groups excluding carboxylic acids is 2. The van der Waals surface area contributed by atoms with Crippen molar-refractivity contribution < 1.29 is 19.1 Å². The molecule has 0 spiro atoms. The summed E-state index contributed by atoms with van der Waals surface area (Å²) in [6, 6.07) is 0. The normalized spacial score (nSPS) is 19.9. The van der Waals surface area contributed by atoms with E-state index in [-0.39, 0.29) is 28.9 Å². The van der Waals surface area contributed by atoms with Crippen LogP contribution in [0.3, 0.4) is 0 Å². The first-order valence-corrected chi connectivity index (χ1v) is 9.21. The Bertz CT molecular complexity index is 955. The third-order valence-electron chi connectivity index (χ3n) is 4.18. The zero-order valence-corrected chi connectivity index (χ0v) is 16.6. The van der Waals surface area contributed by atoms with Crippen LogP contribution >= 0.6 is 0 Å². The van der Waals surface area contributed by atoms with Gasteiger partial charge in [0.1, 0.15) is 11.8 Å². The first kappa shape index (κ1) is 20.0. The van der Waals surface area contributed by atoms with E-state index in [0.29, 0.717) is 12.8 Å². The minimum absolute atomic E-state index is 0.0413. The Morgan fingerprint density at radius 2 is 2.07 bits per heavy atom. The van der Waals surface area contributed by atoms with E-state index in [1.807, 2.05) is 0 Å². The molecule has 152 valence electrons. The highest BCUT2D eigenvalue weighted by Gasteiger charge is 2.35. The van der Waals surface area contributed by atoms with Crippen LogP contribution in [-0.2, 0) is 19.1 Å². The van der Waals surface area contributed by atoms with Crippen molar-refractivity contribution in [2.45, 2.75) is 65.4 Å². The molecule has 1 saturated heterocycles. The maximum atomic E-state index is 12.3. The van der Waals surface area contributed by atoms with E-state index in [0.717, 1.165) is 0 Å². The van der Waals surface area contributed by atoms with Gasteiger partial charge in [-0.25, -0.2) is 9.78 Å². The lowest BCUT2D eigenvalue weighted by molar-refractivity contribution is -0.169. The minimum Gasteiger partial charge on any atom is -0.458 e. The summed E-state index contributed by atoms with van der Waals surface area (Å²) in [5, 5.41) is 2.57. The number of nitrogens with one attached hydrogen (secondary N) is 2. The lowest BCUT2D eigenvalue weighted by atomic mass is 10.2. The number of fused-ring (bicyclic) bond motifs is 1. The molecule has 2 aromatic heterocycles. The topological polar surface area (TPSA) is 128 Å². The Hall–Kier alpha value is -2.75. The lowest BCUT2D eigenvalue weighted by Gasteiger charge is -2.22. The molecular formula is C18H25N5O5. The second-order valence-corrected chi connectivity index (χ2v) is 8.07. The number of anilines is 1. The van der Waals surface area contributed by atoms with Gasteiger partial charge >= 0.3 is 5.97 Å². The summed E-state index contributed by atoms with van der Waals surface area (Å²) in [7, 11) is 0. The smallest absolute Gasteiger partial charge is 0.335 e. The molecule has 0 aliphatic carbocycles. The number of amides is 1. The van der Waals surface area contributed by atoms with Gasteiger partial charge in [-0.1, -0.05) is 13.8 Å². The molecule has 1 fully saturated rings. The van der Waals surface area contributed by atoms with Crippen molar-refractivity contribution in [2.24, 2.45) is 5.92 Å². The van der Waals surface area contributed by atoms with E-state index in [4.69, 9.17) is 9.47 Å². The van der Waals surface area contributed by atoms with Crippen molar-refractivity contribution in [3.63, 3.8) is 0 Å². The summed E-state index contributed by atoms with van der Waals surface area (Å²) < 4.78 is 12.8. The molecule has 3 rings (SSSR count). The van der Waals surface area contributed by atoms with Crippen LogP contribution in [0.15, 0.2) is 11.1 Å². The van der Waals surface area contributed by atoms with E-state index < -0.39 is 29.5 Å². The zero-order chi connectivity index (χ0) is 20.6. The Kier molecular flexibility index (Phi) is 5.24. The molecule has 2 aromatic rings. The second-order valence-electron chi connectivity index (χ2n) is 8.07. The van der Waals surface area contributed by atoms with Gasteiger partial charge in [-0.3, -0.25) is 24.5 Å². The highest BCUT2D eigenvalue weighted by molar-refractivity contribution is 5.91. The SMILES string of the molecule is CC(C)C(=O)Nc1nc2c(ncn2C2CCC(C(=O)OC(C)(C)C)O2)c(=O)[nH]1. The number of aromatic nitrogens is 4. The van der Waals surface area contributed by atoms with Crippen molar-refractivity contribution >= 4 is 29.0 Å². The third-order valence-corrected chi connectivity index (χ3v) is 4.18. The molecule has 10 nitrogen and oxygen atoms in total. The van der Waals surface area contributed by atoms with E-state index in [1.165, 1.54) is 6.33 Å². The van der Waals surface area contributed by atoms with Crippen LogP contribution in [0.25, 0.3) is 11.2 Å². The largest absolute Gasteiger partial charge is 0.458 e. The molecule has 0 radical (unpaired) electrons. The summed E-state index contributed by atoms with van der Waals surface area (Å²) in [4.78, 5) is 47.3. The van der Waals surface area contributed by atoms with Gasteiger partial charge in [0.15, 0.2) is 17.3 Å². The van der Waals surface area contributed by atoms with Gasteiger partial charge in [-0.15, -0.1) is 0 Å². The van der Waals surface area contributed by atoms with Gasteiger partial charge in [-0.2, -0.15) is 4.98 Å². The summed E-state index contributed by atoms with van der Waals surface area (Å²) >= 11 is 0. The number of nitrogens with zero attached hydrogens (tertiary/aromatic N) is 3. The first-order chi connectivity index (χ1) is 13.0. The van der Waals surface area contributed by atoms with Crippen molar-refractivity contribution in [1.82, 2.24) is 19.5 Å². The number of aromatic amines is 1. The van der Waals surface area contributed by atoms with E-state index in [1.54, 1.807) is 39.2 Å². The molecule has 1 amide bonds. The van der Waals surface area contributed by atoms with Gasteiger partial charge < -0.3 is 9.47 Å². The Labute approximate surface area is 161 Å². The Balaban J connectivity index is 1.84. The average Bonchev–Trinajstić information content (AvgIpc) is 3.19. The van der Waals surface area contributed by atoms with Gasteiger partial charge in [0.2, 0.25) is 11.9 Å². The van der Waals surface area contributed by atoms with Crippen LogP contribution in [0.5, 0.6) is 0 Å². The average molecular weight is 391 g/mol. The molecule has 0 bridgehead atoms.